The summed E-state index contributed by atoms with van der Waals surface area (Å²) in [6.45, 7) is 0.470. The summed E-state index contributed by atoms with van der Waals surface area (Å²) in [6, 6.07) is 9.22. The van der Waals surface area contributed by atoms with Crippen molar-refractivity contribution in [1.29, 1.82) is 0 Å². The molecule has 1 heterocycles. The van der Waals surface area contributed by atoms with E-state index in [9.17, 15) is 18.0 Å². The zero-order chi connectivity index (χ0) is 17.6. The average molecular weight is 347 g/mol. The summed E-state index contributed by atoms with van der Waals surface area (Å²) in [7, 11) is 0. The predicted molar refractivity (Wildman–Crippen MR) is 84.9 cm³/mol. The molecule has 2 aromatic carbocycles. The second kappa shape index (κ2) is 6.10. The van der Waals surface area contributed by atoms with Gasteiger partial charge < -0.3 is 10.1 Å². The maximum Gasteiger partial charge on any atom is 0.228 e. The number of nitrogens with one attached hydrogen (secondary N) is 1. The van der Waals surface area contributed by atoms with Crippen molar-refractivity contribution in [1.82, 2.24) is 5.32 Å². The molecule has 0 bridgehead atoms. The van der Waals surface area contributed by atoms with Crippen molar-refractivity contribution in [2.75, 3.05) is 6.61 Å². The van der Waals surface area contributed by atoms with Gasteiger partial charge in [0, 0.05) is 17.5 Å². The Hall–Kier alpha value is -2.50. The number of hydrogen-bond acceptors (Lipinski definition) is 2. The Balaban J connectivity index is 1.46. The molecule has 130 valence electrons. The normalized spacial score (nSPS) is 24.2. The van der Waals surface area contributed by atoms with E-state index in [2.05, 4.69) is 5.32 Å². The number of ether oxygens (including phenoxy) is 1. The highest BCUT2D eigenvalue weighted by Gasteiger charge is 2.42. The zero-order valence-electron chi connectivity index (χ0n) is 13.3. The van der Waals surface area contributed by atoms with Crippen molar-refractivity contribution in [2.45, 2.75) is 30.7 Å². The molecule has 1 aliphatic heterocycles. The van der Waals surface area contributed by atoms with E-state index in [-0.39, 0.29) is 23.8 Å². The van der Waals surface area contributed by atoms with Gasteiger partial charge in [0.15, 0.2) is 17.5 Å². The molecule has 1 aliphatic carbocycles. The van der Waals surface area contributed by atoms with Gasteiger partial charge in [0.25, 0.3) is 0 Å². The standard InChI is InChI=1S/C19H16F3NO2/c20-14-7-10(8-15(21)18(14)22)13-9-16(13)23-19(24)12-5-6-25-17-4-2-1-3-11(12)17/h1-4,7-8,12-13,16H,5-6,9H2,(H,23,24)/t12-,13-,16+/m0/s1. The first-order valence-corrected chi connectivity index (χ1v) is 8.21. The third-order valence-electron chi connectivity index (χ3n) is 4.83. The van der Waals surface area contributed by atoms with Gasteiger partial charge in [-0.25, -0.2) is 13.2 Å². The van der Waals surface area contributed by atoms with E-state index in [4.69, 9.17) is 4.74 Å². The number of rotatable bonds is 3. The van der Waals surface area contributed by atoms with E-state index in [1.54, 1.807) is 0 Å². The number of para-hydroxylation sites is 1. The van der Waals surface area contributed by atoms with Gasteiger partial charge in [0.05, 0.1) is 12.5 Å². The predicted octanol–water partition coefficient (Wildman–Crippen LogP) is 3.64. The van der Waals surface area contributed by atoms with E-state index >= 15 is 0 Å². The maximum atomic E-state index is 13.4. The average Bonchev–Trinajstić information content (AvgIpc) is 3.37. The van der Waals surface area contributed by atoms with Gasteiger partial charge in [-0.15, -0.1) is 0 Å². The highest BCUT2D eigenvalue weighted by atomic mass is 19.2. The molecule has 3 nitrogen and oxygen atoms in total. The minimum atomic E-state index is -1.47. The lowest BCUT2D eigenvalue weighted by molar-refractivity contribution is -0.123. The van der Waals surface area contributed by atoms with Crippen molar-refractivity contribution in [3.8, 4) is 5.75 Å². The molecule has 25 heavy (non-hydrogen) atoms. The van der Waals surface area contributed by atoms with Crippen molar-refractivity contribution < 1.29 is 22.7 Å². The number of halogens is 3. The minimum absolute atomic E-state index is 0.119. The Kier molecular flexibility index (Phi) is 3.90. The first kappa shape index (κ1) is 16.0. The van der Waals surface area contributed by atoms with Gasteiger partial charge in [0.2, 0.25) is 5.91 Å². The first-order chi connectivity index (χ1) is 12.0. The molecular weight excluding hydrogens is 331 g/mol. The van der Waals surface area contributed by atoms with E-state index in [0.29, 0.717) is 30.8 Å². The molecular formula is C19H16F3NO2. The molecule has 1 fully saturated rings. The fraction of sp³-hybridized carbons (Fsp3) is 0.316. The van der Waals surface area contributed by atoms with Crippen LogP contribution in [0.4, 0.5) is 13.2 Å². The number of carbonyl (C=O) groups is 1. The van der Waals surface area contributed by atoms with Crippen LogP contribution in [0.2, 0.25) is 0 Å². The minimum Gasteiger partial charge on any atom is -0.493 e. The molecule has 0 radical (unpaired) electrons. The summed E-state index contributed by atoms with van der Waals surface area (Å²) in [6.07, 6.45) is 1.17. The summed E-state index contributed by atoms with van der Waals surface area (Å²) in [5.41, 5.74) is 1.22. The van der Waals surface area contributed by atoms with Crippen LogP contribution in [0.1, 0.15) is 35.8 Å². The Morgan fingerprint density at radius 3 is 2.60 bits per heavy atom. The summed E-state index contributed by atoms with van der Waals surface area (Å²) in [4.78, 5) is 12.6. The van der Waals surface area contributed by atoms with E-state index in [1.807, 2.05) is 24.3 Å². The van der Waals surface area contributed by atoms with E-state index < -0.39 is 17.5 Å². The Morgan fingerprint density at radius 1 is 1.12 bits per heavy atom. The van der Waals surface area contributed by atoms with Crippen LogP contribution < -0.4 is 10.1 Å². The van der Waals surface area contributed by atoms with E-state index in [1.165, 1.54) is 0 Å². The lowest BCUT2D eigenvalue weighted by atomic mass is 9.92. The largest absolute Gasteiger partial charge is 0.493 e. The van der Waals surface area contributed by atoms with Crippen molar-refractivity contribution in [3.63, 3.8) is 0 Å². The van der Waals surface area contributed by atoms with Crippen LogP contribution >= 0.6 is 0 Å². The molecule has 1 N–H and O–H groups in total. The maximum absolute atomic E-state index is 13.4. The van der Waals surface area contributed by atoms with Crippen molar-refractivity contribution in [2.24, 2.45) is 0 Å². The highest BCUT2D eigenvalue weighted by molar-refractivity contribution is 5.85. The van der Waals surface area contributed by atoms with Gasteiger partial charge in [-0.05, 0) is 36.6 Å². The Bertz CT molecular complexity index is 816. The van der Waals surface area contributed by atoms with Crippen LogP contribution in [-0.4, -0.2) is 18.6 Å². The summed E-state index contributed by atoms with van der Waals surface area (Å²) >= 11 is 0. The van der Waals surface area contributed by atoms with Crippen LogP contribution in [0.3, 0.4) is 0 Å². The van der Waals surface area contributed by atoms with Gasteiger partial charge in [-0.3, -0.25) is 4.79 Å². The molecule has 1 saturated carbocycles. The molecule has 2 aliphatic rings. The van der Waals surface area contributed by atoms with Crippen LogP contribution in [0.5, 0.6) is 5.75 Å². The lowest BCUT2D eigenvalue weighted by Crippen LogP contribution is -2.34. The number of carbonyl (C=O) groups excluding carboxylic acids is 1. The van der Waals surface area contributed by atoms with Crippen LogP contribution in [-0.2, 0) is 4.79 Å². The third kappa shape index (κ3) is 2.97. The van der Waals surface area contributed by atoms with E-state index in [0.717, 1.165) is 17.7 Å². The fourth-order valence-electron chi connectivity index (χ4n) is 3.41. The molecule has 4 rings (SSSR count). The summed E-state index contributed by atoms with van der Waals surface area (Å²) in [5.74, 6) is -3.77. The van der Waals surface area contributed by atoms with Crippen LogP contribution in [0.25, 0.3) is 0 Å². The first-order valence-electron chi connectivity index (χ1n) is 8.21. The van der Waals surface area contributed by atoms with Gasteiger partial charge >= 0.3 is 0 Å². The van der Waals surface area contributed by atoms with Crippen LogP contribution in [0.15, 0.2) is 36.4 Å². The number of hydrogen-bond donors (Lipinski definition) is 1. The SMILES string of the molecule is O=C(N[C@@H]1C[C@H]1c1cc(F)c(F)c(F)c1)[C@H]1CCOc2ccccc21. The molecule has 6 heteroatoms. The van der Waals surface area contributed by atoms with Crippen molar-refractivity contribution in [3.05, 3.63) is 65.0 Å². The summed E-state index contributed by atoms with van der Waals surface area (Å²) < 4.78 is 45.3. The number of benzene rings is 2. The highest BCUT2D eigenvalue weighted by Crippen LogP contribution is 2.42. The second-order valence-corrected chi connectivity index (χ2v) is 6.48. The lowest BCUT2D eigenvalue weighted by Gasteiger charge is -2.25. The quantitative estimate of drug-likeness (QED) is 0.861. The molecule has 0 saturated heterocycles. The van der Waals surface area contributed by atoms with Gasteiger partial charge in [-0.1, -0.05) is 18.2 Å². The molecule has 0 unspecified atom stereocenters. The monoisotopic (exact) mass is 347 g/mol. The Morgan fingerprint density at radius 2 is 1.84 bits per heavy atom. The second-order valence-electron chi connectivity index (χ2n) is 6.48. The summed E-state index contributed by atoms with van der Waals surface area (Å²) in [5, 5.41) is 2.93. The zero-order valence-corrected chi connectivity index (χ0v) is 13.3. The fourth-order valence-corrected chi connectivity index (χ4v) is 3.41. The molecule has 2 aromatic rings. The number of fused-ring (bicyclic) bond motifs is 1. The van der Waals surface area contributed by atoms with Crippen LogP contribution in [0, 0.1) is 17.5 Å². The Labute approximate surface area is 142 Å². The molecule has 0 aromatic heterocycles. The van der Waals surface area contributed by atoms with Gasteiger partial charge in [-0.2, -0.15) is 0 Å². The topological polar surface area (TPSA) is 38.3 Å². The third-order valence-corrected chi connectivity index (χ3v) is 4.83. The molecule has 3 atom stereocenters. The molecule has 1 amide bonds. The molecule has 0 spiro atoms. The van der Waals surface area contributed by atoms with Crippen molar-refractivity contribution >= 4 is 5.91 Å². The number of amides is 1. The smallest absolute Gasteiger partial charge is 0.228 e. The van der Waals surface area contributed by atoms with Gasteiger partial charge in [0.1, 0.15) is 5.75 Å².